The molecule has 2 atom stereocenters. The van der Waals surface area contributed by atoms with Gasteiger partial charge in [-0.1, -0.05) is 0 Å². The molecular weight excluding hydrogens is 172 g/mol. The molecule has 0 aromatic rings. The minimum absolute atomic E-state index is 0.0287. The van der Waals surface area contributed by atoms with Gasteiger partial charge in [-0.3, -0.25) is 0 Å². The fourth-order valence-corrected chi connectivity index (χ4v) is 1.04. The summed E-state index contributed by atoms with van der Waals surface area (Å²) in [5.74, 6) is 0.314. The van der Waals surface area contributed by atoms with Gasteiger partial charge in [0.15, 0.2) is 6.29 Å². The summed E-state index contributed by atoms with van der Waals surface area (Å²) in [7, 11) is 1.69. The number of hydrogen-bond acceptors (Lipinski definition) is 4. The molecule has 0 N–H and O–H groups in total. The summed E-state index contributed by atoms with van der Waals surface area (Å²) in [6.07, 6.45) is 0.0287. The molecule has 1 aliphatic heterocycles. The minimum atomic E-state index is 0.0287. The maximum Gasteiger partial charge on any atom is 0.181 e. The van der Waals surface area contributed by atoms with Crippen molar-refractivity contribution in [1.29, 1.82) is 0 Å². The summed E-state index contributed by atoms with van der Waals surface area (Å²) >= 11 is 0. The summed E-state index contributed by atoms with van der Waals surface area (Å²) in [4.78, 5) is 0. The molecule has 1 fully saturated rings. The van der Waals surface area contributed by atoms with E-state index >= 15 is 0 Å². The molecule has 1 aliphatic rings. The third-order valence-corrected chi connectivity index (χ3v) is 1.78. The van der Waals surface area contributed by atoms with Gasteiger partial charge in [0.2, 0.25) is 0 Å². The highest BCUT2D eigenvalue weighted by Gasteiger charge is 2.24. The lowest BCUT2D eigenvalue weighted by molar-refractivity contribution is -0.0205. The van der Waals surface area contributed by atoms with Crippen LogP contribution in [0.3, 0.4) is 0 Å². The van der Waals surface area contributed by atoms with Gasteiger partial charge in [0.05, 0.1) is 19.8 Å². The summed E-state index contributed by atoms with van der Waals surface area (Å²) in [5, 5.41) is 0. The fourth-order valence-electron chi connectivity index (χ4n) is 1.04. The predicted molar refractivity (Wildman–Crippen MR) is 47.6 cm³/mol. The van der Waals surface area contributed by atoms with Crippen LogP contribution in [0.15, 0.2) is 0 Å². The summed E-state index contributed by atoms with van der Waals surface area (Å²) in [6, 6.07) is 0. The van der Waals surface area contributed by atoms with Crippen LogP contribution in [0.1, 0.15) is 6.92 Å². The second kappa shape index (κ2) is 6.32. The molecular formula is C9H18O4. The SMILES string of the molecule is CCOCC(COC)COC1CO1. The largest absolute Gasteiger partial charge is 0.384 e. The van der Waals surface area contributed by atoms with Gasteiger partial charge in [0, 0.05) is 19.6 Å². The van der Waals surface area contributed by atoms with E-state index in [1.54, 1.807) is 7.11 Å². The van der Waals surface area contributed by atoms with Crippen molar-refractivity contribution in [2.24, 2.45) is 5.92 Å². The lowest BCUT2D eigenvalue weighted by Gasteiger charge is -2.14. The van der Waals surface area contributed by atoms with Crippen molar-refractivity contribution in [2.45, 2.75) is 13.2 Å². The standard InChI is InChI=1S/C9H18O4/c1-3-11-5-8(4-10-2)6-12-9-7-13-9/h8-9H,3-7H2,1-2H3. The van der Waals surface area contributed by atoms with Gasteiger partial charge >= 0.3 is 0 Å². The molecule has 0 radical (unpaired) electrons. The van der Waals surface area contributed by atoms with Crippen LogP contribution in [-0.2, 0) is 18.9 Å². The molecule has 0 spiro atoms. The molecule has 0 aliphatic carbocycles. The van der Waals surface area contributed by atoms with Crippen LogP contribution in [0.2, 0.25) is 0 Å². The van der Waals surface area contributed by atoms with Crippen molar-refractivity contribution in [3.05, 3.63) is 0 Å². The lowest BCUT2D eigenvalue weighted by atomic mass is 10.2. The number of hydrogen-bond donors (Lipinski definition) is 0. The fraction of sp³-hybridized carbons (Fsp3) is 1.00. The molecule has 1 rings (SSSR count). The van der Waals surface area contributed by atoms with Crippen LogP contribution in [-0.4, -0.2) is 46.4 Å². The van der Waals surface area contributed by atoms with Gasteiger partial charge in [-0.2, -0.15) is 0 Å². The van der Waals surface area contributed by atoms with E-state index in [1.165, 1.54) is 0 Å². The first-order chi connectivity index (χ1) is 6.36. The number of ether oxygens (including phenoxy) is 4. The van der Waals surface area contributed by atoms with Crippen LogP contribution < -0.4 is 0 Å². The Morgan fingerprint density at radius 1 is 1.38 bits per heavy atom. The Morgan fingerprint density at radius 3 is 2.69 bits per heavy atom. The monoisotopic (exact) mass is 190 g/mol. The molecule has 1 heterocycles. The van der Waals surface area contributed by atoms with E-state index in [-0.39, 0.29) is 6.29 Å². The molecule has 0 aromatic heterocycles. The highest BCUT2D eigenvalue weighted by Crippen LogP contribution is 2.12. The molecule has 13 heavy (non-hydrogen) atoms. The molecule has 0 amide bonds. The summed E-state index contributed by atoms with van der Waals surface area (Å²) in [6.45, 7) is 5.46. The maximum atomic E-state index is 5.38. The van der Waals surface area contributed by atoms with Gasteiger partial charge in [0.25, 0.3) is 0 Å². The Bertz CT molecular complexity index is 125. The topological polar surface area (TPSA) is 40.2 Å². The predicted octanol–water partition coefficient (Wildman–Crippen LogP) is 0.658. The normalized spacial score (nSPS) is 23.1. The molecule has 0 bridgehead atoms. The quantitative estimate of drug-likeness (QED) is 0.527. The Kier molecular flexibility index (Phi) is 5.31. The van der Waals surface area contributed by atoms with Crippen molar-refractivity contribution in [1.82, 2.24) is 0 Å². The zero-order valence-corrected chi connectivity index (χ0v) is 8.32. The third kappa shape index (κ3) is 5.21. The van der Waals surface area contributed by atoms with Gasteiger partial charge in [-0.25, -0.2) is 0 Å². The van der Waals surface area contributed by atoms with Gasteiger partial charge in [-0.15, -0.1) is 0 Å². The Balaban J connectivity index is 2.03. The first kappa shape index (κ1) is 10.9. The average molecular weight is 190 g/mol. The van der Waals surface area contributed by atoms with Crippen LogP contribution in [0.25, 0.3) is 0 Å². The van der Waals surface area contributed by atoms with E-state index in [2.05, 4.69) is 0 Å². The number of methoxy groups -OCH3 is 1. The van der Waals surface area contributed by atoms with Crippen LogP contribution in [0.4, 0.5) is 0 Å². The van der Waals surface area contributed by atoms with Crippen LogP contribution in [0.5, 0.6) is 0 Å². The first-order valence-corrected chi connectivity index (χ1v) is 4.66. The molecule has 2 unspecified atom stereocenters. The lowest BCUT2D eigenvalue weighted by Crippen LogP contribution is -2.21. The highest BCUT2D eigenvalue weighted by molar-refractivity contribution is 4.60. The van der Waals surface area contributed by atoms with Crippen molar-refractivity contribution < 1.29 is 18.9 Å². The maximum absolute atomic E-state index is 5.38. The Labute approximate surface area is 79.1 Å². The second-order valence-corrected chi connectivity index (χ2v) is 3.08. The molecule has 4 nitrogen and oxygen atoms in total. The zero-order chi connectivity index (χ0) is 9.52. The smallest absolute Gasteiger partial charge is 0.181 e. The zero-order valence-electron chi connectivity index (χ0n) is 8.32. The van der Waals surface area contributed by atoms with E-state index in [0.29, 0.717) is 25.7 Å². The van der Waals surface area contributed by atoms with E-state index < -0.39 is 0 Å². The van der Waals surface area contributed by atoms with Crippen LogP contribution >= 0.6 is 0 Å². The van der Waals surface area contributed by atoms with E-state index in [1.807, 2.05) is 6.92 Å². The third-order valence-electron chi connectivity index (χ3n) is 1.78. The van der Waals surface area contributed by atoms with Crippen molar-refractivity contribution >= 4 is 0 Å². The summed E-state index contributed by atoms with van der Waals surface area (Å²) in [5.41, 5.74) is 0. The second-order valence-electron chi connectivity index (χ2n) is 3.08. The van der Waals surface area contributed by atoms with Crippen molar-refractivity contribution in [3.8, 4) is 0 Å². The molecule has 78 valence electrons. The number of rotatable bonds is 8. The van der Waals surface area contributed by atoms with E-state index in [9.17, 15) is 0 Å². The first-order valence-electron chi connectivity index (χ1n) is 4.66. The molecule has 4 heteroatoms. The van der Waals surface area contributed by atoms with E-state index in [4.69, 9.17) is 18.9 Å². The molecule has 0 aromatic carbocycles. The van der Waals surface area contributed by atoms with Crippen molar-refractivity contribution in [3.63, 3.8) is 0 Å². The van der Waals surface area contributed by atoms with Gasteiger partial charge in [-0.05, 0) is 6.92 Å². The Hall–Kier alpha value is -0.160. The van der Waals surface area contributed by atoms with Crippen molar-refractivity contribution in [2.75, 3.05) is 40.1 Å². The minimum Gasteiger partial charge on any atom is -0.384 e. The molecule has 1 saturated heterocycles. The van der Waals surface area contributed by atoms with Gasteiger partial charge in [0.1, 0.15) is 6.61 Å². The average Bonchev–Trinajstić information content (AvgIpc) is 2.93. The summed E-state index contributed by atoms with van der Waals surface area (Å²) < 4.78 is 20.7. The highest BCUT2D eigenvalue weighted by atomic mass is 16.8. The van der Waals surface area contributed by atoms with Gasteiger partial charge < -0.3 is 18.9 Å². The Morgan fingerprint density at radius 2 is 2.15 bits per heavy atom. The van der Waals surface area contributed by atoms with E-state index in [0.717, 1.165) is 13.2 Å². The number of epoxide rings is 1. The molecule has 0 saturated carbocycles. The van der Waals surface area contributed by atoms with Crippen LogP contribution in [0, 0.1) is 5.92 Å².